The number of carbonyl (C=O) groups is 3. The number of carboxylic acids is 1. The Bertz CT molecular complexity index is 1800. The first kappa shape index (κ1) is 40.5. The fourth-order valence-corrected chi connectivity index (χ4v) is 8.51. The minimum absolute atomic E-state index is 0.0224. The van der Waals surface area contributed by atoms with E-state index in [1.54, 1.807) is 19.9 Å². The average molecular weight is 755 g/mol. The van der Waals surface area contributed by atoms with E-state index in [0.717, 1.165) is 31.4 Å². The predicted octanol–water partition coefficient (Wildman–Crippen LogP) is 6.13. The second-order valence-electron chi connectivity index (χ2n) is 13.4. The number of rotatable bonds is 17. The van der Waals surface area contributed by atoms with Gasteiger partial charge in [0.1, 0.15) is 28.5 Å². The third-order valence-electron chi connectivity index (χ3n) is 9.11. The second kappa shape index (κ2) is 18.0. The van der Waals surface area contributed by atoms with E-state index >= 15 is 0 Å². The highest BCUT2D eigenvalue weighted by Gasteiger charge is 2.42. The van der Waals surface area contributed by atoms with Crippen molar-refractivity contribution >= 4 is 50.9 Å². The Morgan fingerprint density at radius 1 is 0.981 bits per heavy atom. The minimum atomic E-state index is -4.07. The van der Waals surface area contributed by atoms with Crippen LogP contribution in [0.4, 0.5) is 11.4 Å². The molecule has 1 aliphatic rings. The van der Waals surface area contributed by atoms with Crippen LogP contribution < -0.4 is 25.0 Å². The lowest BCUT2D eigenvalue weighted by atomic mass is 9.87. The first-order valence-corrected chi connectivity index (χ1v) is 20.3. The molecule has 0 bridgehead atoms. The molecular formula is C38H50N4O8S2. The van der Waals surface area contributed by atoms with Crippen molar-refractivity contribution in [1.29, 1.82) is 0 Å². The van der Waals surface area contributed by atoms with Crippen molar-refractivity contribution in [3.05, 3.63) is 72.3 Å². The molecule has 0 radical (unpaired) electrons. The van der Waals surface area contributed by atoms with E-state index in [0.29, 0.717) is 35.5 Å². The zero-order valence-corrected chi connectivity index (χ0v) is 32.0. The van der Waals surface area contributed by atoms with Crippen LogP contribution in [-0.4, -0.2) is 67.4 Å². The third kappa shape index (κ3) is 9.98. The third-order valence-corrected chi connectivity index (χ3v) is 11.5. The van der Waals surface area contributed by atoms with E-state index in [-0.39, 0.29) is 16.4 Å². The number of unbranched alkanes of at least 4 members (excludes halogenated alkanes) is 2. The maximum atomic E-state index is 14.3. The molecular weight excluding hydrogens is 705 g/mol. The van der Waals surface area contributed by atoms with E-state index in [1.165, 1.54) is 42.1 Å². The lowest BCUT2D eigenvalue weighted by Crippen LogP contribution is -2.53. The molecule has 2 unspecified atom stereocenters. The fraction of sp³-hybridized carbons (Fsp3) is 0.447. The first-order chi connectivity index (χ1) is 24.7. The van der Waals surface area contributed by atoms with Crippen LogP contribution in [0.5, 0.6) is 11.5 Å². The Kier molecular flexibility index (Phi) is 14.0. The number of hydrogen-bond donors (Lipinski definition) is 5. The maximum Gasteiger partial charge on any atom is 0.326 e. The molecule has 1 heterocycles. The number of phenolic OH excluding ortho intramolecular Hbond substituents is 1. The standard InChI is InChI=1S/C38H50N4O8S2/c1-6-8-19-38(20-9-7-2)24-42(27-13-11-10-12-14-27)29-21-31(51-5)30(22-32(29)52(48,49)41-38)50-23-33(44)39-35(26-15-17-28(43)18-16-26)36(45)40-34(25(3)4)37(46)47/h10-18,21-22,25,34-35,41,43H,6-9,19-20,23-24H2,1-5H3,(H,39,44)(H,40,45)(H,46,47). The number of fused-ring (bicyclic) bond motifs is 1. The van der Waals surface area contributed by atoms with E-state index in [1.807, 2.05) is 36.6 Å². The average Bonchev–Trinajstić information content (AvgIpc) is 3.21. The van der Waals surface area contributed by atoms with Crippen molar-refractivity contribution in [2.75, 3.05) is 24.3 Å². The van der Waals surface area contributed by atoms with Crippen molar-refractivity contribution in [2.24, 2.45) is 5.92 Å². The van der Waals surface area contributed by atoms with Crippen LogP contribution in [0.25, 0.3) is 0 Å². The monoisotopic (exact) mass is 754 g/mol. The van der Waals surface area contributed by atoms with Crippen LogP contribution in [0, 0.1) is 5.92 Å². The number of anilines is 2. The Labute approximate surface area is 310 Å². The number of phenols is 1. The highest BCUT2D eigenvalue weighted by atomic mass is 32.2. The molecule has 4 rings (SSSR count). The number of para-hydroxylation sites is 1. The number of hydrogen-bond acceptors (Lipinski definition) is 9. The Balaban J connectivity index is 1.69. The number of benzene rings is 3. The summed E-state index contributed by atoms with van der Waals surface area (Å²) in [4.78, 5) is 41.3. The molecule has 282 valence electrons. The van der Waals surface area contributed by atoms with Crippen LogP contribution in [0.2, 0.25) is 0 Å². The van der Waals surface area contributed by atoms with Gasteiger partial charge in [0.15, 0.2) is 6.61 Å². The molecule has 12 nitrogen and oxygen atoms in total. The molecule has 52 heavy (non-hydrogen) atoms. The largest absolute Gasteiger partial charge is 0.508 e. The van der Waals surface area contributed by atoms with E-state index < -0.39 is 58.0 Å². The highest BCUT2D eigenvalue weighted by Crippen LogP contribution is 2.44. The Morgan fingerprint density at radius 2 is 1.62 bits per heavy atom. The lowest BCUT2D eigenvalue weighted by molar-refractivity contribution is -0.143. The van der Waals surface area contributed by atoms with Gasteiger partial charge in [-0.05, 0) is 60.9 Å². The summed E-state index contributed by atoms with van der Waals surface area (Å²) in [6.45, 7) is 7.33. The van der Waals surface area contributed by atoms with Gasteiger partial charge in [-0.3, -0.25) is 9.59 Å². The highest BCUT2D eigenvalue weighted by molar-refractivity contribution is 7.98. The van der Waals surface area contributed by atoms with Crippen molar-refractivity contribution in [2.45, 2.75) is 93.6 Å². The van der Waals surface area contributed by atoms with Crippen molar-refractivity contribution < 1.29 is 37.8 Å². The van der Waals surface area contributed by atoms with Gasteiger partial charge in [-0.15, -0.1) is 11.8 Å². The zero-order chi connectivity index (χ0) is 38.1. The maximum absolute atomic E-state index is 14.3. The van der Waals surface area contributed by atoms with Crippen LogP contribution in [0.3, 0.4) is 0 Å². The summed E-state index contributed by atoms with van der Waals surface area (Å²) < 4.78 is 37.7. The molecule has 1 aliphatic heterocycles. The predicted molar refractivity (Wildman–Crippen MR) is 203 cm³/mol. The summed E-state index contributed by atoms with van der Waals surface area (Å²) in [7, 11) is -4.07. The summed E-state index contributed by atoms with van der Waals surface area (Å²) in [6.07, 6.45) is 6.69. The molecule has 0 aliphatic carbocycles. The van der Waals surface area contributed by atoms with Gasteiger partial charge in [-0.2, -0.15) is 0 Å². The summed E-state index contributed by atoms with van der Waals surface area (Å²) in [6, 6.07) is 16.0. The van der Waals surface area contributed by atoms with Crippen LogP contribution in [-0.2, 0) is 24.4 Å². The molecule has 0 aromatic heterocycles. The molecule has 2 amide bonds. The zero-order valence-electron chi connectivity index (χ0n) is 30.3. The van der Waals surface area contributed by atoms with Gasteiger partial charge in [0, 0.05) is 18.3 Å². The van der Waals surface area contributed by atoms with Gasteiger partial charge >= 0.3 is 5.97 Å². The molecule has 3 aromatic carbocycles. The van der Waals surface area contributed by atoms with E-state index in [9.17, 15) is 33.0 Å². The fourth-order valence-electron chi connectivity index (χ4n) is 6.31. The van der Waals surface area contributed by atoms with Crippen LogP contribution in [0.1, 0.15) is 77.8 Å². The van der Waals surface area contributed by atoms with Crippen LogP contribution in [0.15, 0.2) is 76.5 Å². The van der Waals surface area contributed by atoms with Crippen molar-refractivity contribution in [3.63, 3.8) is 0 Å². The second-order valence-corrected chi connectivity index (χ2v) is 15.9. The van der Waals surface area contributed by atoms with E-state index in [2.05, 4.69) is 34.1 Å². The molecule has 5 N–H and O–H groups in total. The molecule has 3 aromatic rings. The molecule has 0 fully saturated rings. The summed E-state index contributed by atoms with van der Waals surface area (Å²) in [5.41, 5.74) is 0.927. The summed E-state index contributed by atoms with van der Waals surface area (Å²) in [5.74, 6) is -3.02. The Hall–Kier alpha value is -4.27. The molecule has 0 spiro atoms. The molecule has 0 saturated heterocycles. The summed E-state index contributed by atoms with van der Waals surface area (Å²) in [5, 5.41) is 24.5. The van der Waals surface area contributed by atoms with Crippen LogP contribution >= 0.6 is 11.8 Å². The number of sulfonamides is 1. The topological polar surface area (TPSA) is 174 Å². The quantitative estimate of drug-likeness (QED) is 0.101. The van der Waals surface area contributed by atoms with Gasteiger partial charge in [-0.25, -0.2) is 17.9 Å². The number of aromatic hydroxyl groups is 1. The van der Waals surface area contributed by atoms with Gasteiger partial charge in [0.2, 0.25) is 15.9 Å². The first-order valence-electron chi connectivity index (χ1n) is 17.6. The lowest BCUT2D eigenvalue weighted by Gasteiger charge is -2.37. The van der Waals surface area contributed by atoms with Crippen molar-refractivity contribution in [1.82, 2.24) is 15.4 Å². The van der Waals surface area contributed by atoms with Gasteiger partial charge in [-0.1, -0.05) is 83.7 Å². The normalized spacial score (nSPS) is 15.9. The number of carboxylic acid groups (broad SMARTS) is 1. The number of thioether (sulfide) groups is 1. The van der Waals surface area contributed by atoms with Gasteiger partial charge < -0.3 is 30.5 Å². The number of nitrogens with one attached hydrogen (secondary N) is 3. The number of amides is 2. The number of nitrogens with zero attached hydrogens (tertiary/aromatic N) is 1. The number of aliphatic carboxylic acids is 1. The van der Waals surface area contributed by atoms with E-state index in [4.69, 9.17) is 4.74 Å². The van der Waals surface area contributed by atoms with Crippen molar-refractivity contribution in [3.8, 4) is 11.5 Å². The SMILES string of the molecule is CCCCC1(CCCC)CN(c2ccccc2)c2cc(SC)c(OCC(=O)NC(C(=O)NC(C(=O)O)C(C)C)c3ccc(O)cc3)cc2S(=O)(=O)N1. The minimum Gasteiger partial charge on any atom is -0.508 e. The van der Waals surface area contributed by atoms with Gasteiger partial charge in [0.25, 0.3) is 5.91 Å². The number of ether oxygens (including phenoxy) is 1. The Morgan fingerprint density at radius 3 is 2.17 bits per heavy atom. The number of carbonyl (C=O) groups excluding carboxylic acids is 2. The molecule has 0 saturated carbocycles. The molecule has 14 heteroatoms. The van der Waals surface area contributed by atoms with Gasteiger partial charge in [0.05, 0.1) is 16.1 Å². The summed E-state index contributed by atoms with van der Waals surface area (Å²) >= 11 is 1.34. The molecule has 2 atom stereocenters. The smallest absolute Gasteiger partial charge is 0.326 e.